The minimum Gasteiger partial charge on any atom is -0.299 e. The van der Waals surface area contributed by atoms with E-state index in [4.69, 9.17) is 0 Å². The second-order valence-corrected chi connectivity index (χ2v) is 7.05. The lowest BCUT2D eigenvalue weighted by atomic mass is 9.98. The Hall–Kier alpha value is -1.72. The monoisotopic (exact) mass is 328 g/mol. The van der Waals surface area contributed by atoms with Gasteiger partial charge in [0.05, 0.1) is 6.04 Å². The van der Waals surface area contributed by atoms with Crippen LogP contribution in [0.2, 0.25) is 0 Å². The summed E-state index contributed by atoms with van der Waals surface area (Å²) < 4.78 is 0.890. The Kier molecular flexibility index (Phi) is 4.85. The molecule has 1 N–H and O–H groups in total. The molecule has 3 nitrogen and oxygen atoms in total. The number of benzene rings is 2. The fourth-order valence-corrected chi connectivity index (χ4v) is 4.13. The van der Waals surface area contributed by atoms with E-state index in [0.717, 1.165) is 15.5 Å². The zero-order valence-electron chi connectivity index (χ0n) is 12.1. The van der Waals surface area contributed by atoms with Crippen LogP contribution in [-0.2, 0) is 0 Å². The molecule has 0 saturated carbocycles. The molecule has 22 heavy (non-hydrogen) atoms. The number of nitrogens with one attached hydrogen (secondary N) is 1. The van der Waals surface area contributed by atoms with Crippen LogP contribution in [0.15, 0.2) is 65.8 Å². The summed E-state index contributed by atoms with van der Waals surface area (Å²) >= 11 is 3.10. The van der Waals surface area contributed by atoms with E-state index in [1.165, 1.54) is 11.8 Å². The fourth-order valence-electron chi connectivity index (χ4n) is 2.37. The smallest absolute Gasteiger partial charge is 0.178 e. The molecule has 0 bridgehead atoms. The van der Waals surface area contributed by atoms with Gasteiger partial charge < -0.3 is 0 Å². The van der Waals surface area contributed by atoms with Gasteiger partial charge in [-0.3, -0.25) is 10.2 Å². The van der Waals surface area contributed by atoms with Crippen molar-refractivity contribution in [1.82, 2.24) is 5.43 Å². The van der Waals surface area contributed by atoms with Crippen molar-refractivity contribution in [3.8, 4) is 0 Å². The number of hydrazone groups is 1. The third-order valence-electron chi connectivity index (χ3n) is 3.48. The van der Waals surface area contributed by atoms with E-state index in [9.17, 15) is 4.79 Å². The van der Waals surface area contributed by atoms with Gasteiger partial charge in [0.1, 0.15) is 9.63 Å². The standard InChI is InChI=1S/C17H16N2OS2/c1-21-17-19-18-14(12-8-4-2-5-9-12)16(22-17)15(20)13-10-6-3-7-11-13/h2-11,14,16,18H,1H3/t14-,16+/m0/s1. The zero-order chi connectivity index (χ0) is 15.4. The predicted octanol–water partition coefficient (Wildman–Crippen LogP) is 3.95. The SMILES string of the molecule is CSC1=NN[C@@H](c2ccccc2)[C@H](C(=O)c2ccccc2)S1. The molecule has 3 rings (SSSR count). The number of rotatable bonds is 3. The van der Waals surface area contributed by atoms with E-state index in [2.05, 4.69) is 10.5 Å². The zero-order valence-corrected chi connectivity index (χ0v) is 13.7. The van der Waals surface area contributed by atoms with Crippen molar-refractivity contribution in [2.24, 2.45) is 5.10 Å². The van der Waals surface area contributed by atoms with E-state index >= 15 is 0 Å². The summed E-state index contributed by atoms with van der Waals surface area (Å²) in [6, 6.07) is 19.4. The van der Waals surface area contributed by atoms with Crippen LogP contribution in [0.5, 0.6) is 0 Å². The normalized spacial score (nSPS) is 20.9. The largest absolute Gasteiger partial charge is 0.299 e. The van der Waals surface area contributed by atoms with Crippen molar-refractivity contribution in [1.29, 1.82) is 0 Å². The van der Waals surface area contributed by atoms with Gasteiger partial charge in [0, 0.05) is 5.56 Å². The maximum absolute atomic E-state index is 12.9. The van der Waals surface area contributed by atoms with Crippen LogP contribution in [0.4, 0.5) is 0 Å². The van der Waals surface area contributed by atoms with E-state index in [1.54, 1.807) is 11.8 Å². The first kappa shape index (κ1) is 15.2. The van der Waals surface area contributed by atoms with Crippen LogP contribution >= 0.6 is 23.5 Å². The average molecular weight is 328 g/mol. The van der Waals surface area contributed by atoms with Crippen LogP contribution < -0.4 is 5.43 Å². The summed E-state index contributed by atoms with van der Waals surface area (Å²) in [5, 5.41) is 4.15. The molecule has 1 aliphatic rings. The van der Waals surface area contributed by atoms with Crippen molar-refractivity contribution >= 4 is 33.7 Å². The molecule has 0 aliphatic carbocycles. The molecular formula is C17H16N2OS2. The lowest BCUT2D eigenvalue weighted by Gasteiger charge is -2.29. The number of ketones is 1. The van der Waals surface area contributed by atoms with Crippen LogP contribution in [0.1, 0.15) is 22.0 Å². The van der Waals surface area contributed by atoms with Crippen LogP contribution in [0, 0.1) is 0 Å². The van der Waals surface area contributed by atoms with Crippen molar-refractivity contribution in [3.05, 3.63) is 71.8 Å². The molecule has 1 heterocycles. The second-order valence-electron chi connectivity index (χ2n) is 4.87. The van der Waals surface area contributed by atoms with Gasteiger partial charge in [-0.2, -0.15) is 5.10 Å². The van der Waals surface area contributed by atoms with Crippen LogP contribution in [0.25, 0.3) is 0 Å². The Morgan fingerprint density at radius 3 is 2.36 bits per heavy atom. The number of carbonyl (C=O) groups excluding carboxylic acids is 1. The van der Waals surface area contributed by atoms with Crippen molar-refractivity contribution in [2.75, 3.05) is 6.26 Å². The minimum atomic E-state index is -0.218. The first-order valence-electron chi connectivity index (χ1n) is 6.97. The molecule has 0 amide bonds. The van der Waals surface area contributed by atoms with Gasteiger partial charge in [0.2, 0.25) is 0 Å². The quantitative estimate of drug-likeness (QED) is 0.866. The van der Waals surface area contributed by atoms with Crippen molar-refractivity contribution < 1.29 is 4.79 Å². The summed E-state index contributed by atoms with van der Waals surface area (Å²) in [7, 11) is 0. The second kappa shape index (κ2) is 7.03. The summed E-state index contributed by atoms with van der Waals surface area (Å²) in [4.78, 5) is 12.9. The number of hydrogen-bond acceptors (Lipinski definition) is 5. The van der Waals surface area contributed by atoms with Gasteiger partial charge in [0.15, 0.2) is 5.78 Å². The van der Waals surface area contributed by atoms with Crippen LogP contribution in [-0.4, -0.2) is 21.7 Å². The van der Waals surface area contributed by atoms with Gasteiger partial charge >= 0.3 is 0 Å². The number of Topliss-reactive ketones (excluding diaryl/α,β-unsaturated/α-hetero) is 1. The van der Waals surface area contributed by atoms with Gasteiger partial charge in [-0.1, -0.05) is 72.4 Å². The molecule has 5 heteroatoms. The highest BCUT2D eigenvalue weighted by Crippen LogP contribution is 2.35. The highest BCUT2D eigenvalue weighted by atomic mass is 32.2. The Balaban J connectivity index is 1.94. The summed E-state index contributed by atoms with van der Waals surface area (Å²) in [5.74, 6) is 0.133. The number of carbonyl (C=O) groups is 1. The van der Waals surface area contributed by atoms with E-state index in [0.29, 0.717) is 0 Å². The predicted molar refractivity (Wildman–Crippen MR) is 95.4 cm³/mol. The Bertz CT molecular complexity index is 674. The van der Waals surface area contributed by atoms with Crippen molar-refractivity contribution in [2.45, 2.75) is 11.3 Å². The fraction of sp³-hybridized carbons (Fsp3) is 0.176. The highest BCUT2D eigenvalue weighted by molar-refractivity contribution is 8.39. The molecule has 2 atom stereocenters. The maximum Gasteiger partial charge on any atom is 0.178 e. The Morgan fingerprint density at radius 2 is 1.73 bits per heavy atom. The molecule has 0 unspecified atom stereocenters. The molecular weight excluding hydrogens is 312 g/mol. The lowest BCUT2D eigenvalue weighted by molar-refractivity contribution is 0.0976. The van der Waals surface area contributed by atoms with E-state index in [-0.39, 0.29) is 17.1 Å². The maximum atomic E-state index is 12.9. The van der Waals surface area contributed by atoms with Gasteiger partial charge in [-0.05, 0) is 11.8 Å². The molecule has 0 aromatic heterocycles. The third kappa shape index (κ3) is 3.20. The molecule has 0 radical (unpaired) electrons. The Labute approximate surface area is 138 Å². The first-order valence-corrected chi connectivity index (χ1v) is 9.08. The molecule has 0 saturated heterocycles. The first-order chi connectivity index (χ1) is 10.8. The third-order valence-corrected chi connectivity index (χ3v) is 5.74. The molecule has 0 fully saturated rings. The molecule has 112 valence electrons. The Morgan fingerprint density at radius 1 is 1.09 bits per heavy atom. The lowest BCUT2D eigenvalue weighted by Crippen LogP contribution is -2.37. The average Bonchev–Trinajstić information content (AvgIpc) is 2.62. The van der Waals surface area contributed by atoms with Crippen molar-refractivity contribution in [3.63, 3.8) is 0 Å². The summed E-state index contributed by atoms with van der Waals surface area (Å²) in [5.41, 5.74) is 4.98. The van der Waals surface area contributed by atoms with Gasteiger partial charge in [-0.15, -0.1) is 11.8 Å². The van der Waals surface area contributed by atoms with Gasteiger partial charge in [-0.25, -0.2) is 0 Å². The molecule has 0 spiro atoms. The summed E-state index contributed by atoms with van der Waals surface area (Å²) in [6.07, 6.45) is 1.97. The van der Waals surface area contributed by atoms with Crippen LogP contribution in [0.3, 0.4) is 0 Å². The molecule has 2 aromatic carbocycles. The highest BCUT2D eigenvalue weighted by Gasteiger charge is 2.34. The topological polar surface area (TPSA) is 41.5 Å². The molecule has 1 aliphatic heterocycles. The number of hydrogen-bond donors (Lipinski definition) is 1. The van der Waals surface area contributed by atoms with E-state index < -0.39 is 0 Å². The van der Waals surface area contributed by atoms with Gasteiger partial charge in [0.25, 0.3) is 0 Å². The van der Waals surface area contributed by atoms with E-state index in [1.807, 2.05) is 66.9 Å². The minimum absolute atomic E-state index is 0.116. The number of nitrogens with zero attached hydrogens (tertiary/aromatic N) is 1. The number of thioether (sulfide) groups is 2. The summed E-state index contributed by atoms with van der Waals surface area (Å²) in [6.45, 7) is 0. The molecule has 2 aromatic rings.